The van der Waals surface area contributed by atoms with Crippen LogP contribution >= 0.6 is 255 Å². The van der Waals surface area contributed by atoms with Crippen molar-refractivity contribution in [3.05, 3.63) is 71.6 Å². The Morgan fingerprint density at radius 1 is 0.228 bits per heavy atom. The van der Waals surface area contributed by atoms with E-state index >= 15 is 0 Å². The maximum absolute atomic E-state index is 5.24. The van der Waals surface area contributed by atoms with Crippen LogP contribution < -0.4 is 0 Å². The van der Waals surface area contributed by atoms with Crippen LogP contribution in [0, 0.1) is 0 Å². The zero-order chi connectivity index (χ0) is 40.1. The van der Waals surface area contributed by atoms with Crippen LogP contribution in [0.25, 0.3) is 89.7 Å². The van der Waals surface area contributed by atoms with Gasteiger partial charge in [0, 0.05) is 115 Å². The maximum Gasteiger partial charge on any atom is 1.00 e. The van der Waals surface area contributed by atoms with Crippen molar-refractivity contribution in [3.63, 3.8) is 0 Å². The standard InChI is InChI=1S/C32H2Br16N8.Cu/c33-9-1-2(10(34)18(42)17(9)41)26-49-25(1)53-27-3-4(12(36)20(44)19(43)11(3)35)29(50-27)55-31-7-8(16(40)24(48)23(47)15(7)39)32(52-31)56-30-6-5(28(51-30)54-26)13(37)21(45)22(46)14(6)38;/h(H2,49,50,51,52,53,54,55,56);/q;+1. The van der Waals surface area contributed by atoms with E-state index in [1.807, 2.05) is 0 Å². The van der Waals surface area contributed by atoms with Gasteiger partial charge in [-0.2, -0.15) is 0 Å². The fourth-order valence-electron chi connectivity index (χ4n) is 6.24. The van der Waals surface area contributed by atoms with Crippen molar-refractivity contribution in [1.29, 1.82) is 0 Å². The van der Waals surface area contributed by atoms with Gasteiger partial charge in [-0.05, 0) is 255 Å². The van der Waals surface area contributed by atoms with E-state index in [0.29, 0.717) is 68.1 Å². The van der Waals surface area contributed by atoms with Crippen LogP contribution in [0.3, 0.4) is 0 Å². The summed E-state index contributed by atoms with van der Waals surface area (Å²) in [5.41, 5.74) is 4.79. The Morgan fingerprint density at radius 2 is 0.404 bits per heavy atom. The van der Waals surface area contributed by atoms with Gasteiger partial charge < -0.3 is 9.97 Å². The normalized spacial score (nSPS) is 12.1. The second-order valence-electron chi connectivity index (χ2n) is 11.6. The summed E-state index contributed by atoms with van der Waals surface area (Å²) in [6.07, 6.45) is 0. The Hall–Kier alpha value is 2.44. The fourth-order valence-corrected chi connectivity index (χ4v) is 16.2. The summed E-state index contributed by atoms with van der Waals surface area (Å²) in [5, 5.41) is 2.96. The molecule has 8 nitrogen and oxygen atoms in total. The van der Waals surface area contributed by atoms with Gasteiger partial charge in [-0.1, -0.05) is 0 Å². The molecule has 0 saturated heterocycles. The SMILES string of the molecule is Brc1c(Br)c(Br)c2c(c1Br)-c1nc-2nc2[nH]c(nc3nc(nc4[nH]c(n1)c1c(Br)c(Br)c(Br)c(Br)c41)-c1c(Br)c(Br)c(Br)c(Br)c1-3)c1c(Br)c(Br)c(Br)c(Br)c21.[Cu+]. The summed E-state index contributed by atoms with van der Waals surface area (Å²) in [5.74, 6) is 1.59. The number of hydrogen-bond donors (Lipinski definition) is 2. The van der Waals surface area contributed by atoms with Gasteiger partial charge >= 0.3 is 17.1 Å². The molecule has 0 saturated carbocycles. The number of aromatic amines is 2. The second-order valence-corrected chi connectivity index (χ2v) is 24.3. The van der Waals surface area contributed by atoms with E-state index in [4.69, 9.17) is 29.9 Å². The van der Waals surface area contributed by atoms with E-state index in [-0.39, 0.29) is 17.1 Å². The molecule has 2 aliphatic rings. The summed E-state index contributed by atoms with van der Waals surface area (Å²) >= 11 is 60.7. The van der Waals surface area contributed by atoms with Gasteiger partial charge in [-0.25, -0.2) is 29.9 Å². The Morgan fingerprint density at radius 3 is 0.596 bits per heavy atom. The minimum Gasteiger partial charge on any atom is -0.324 e. The van der Waals surface area contributed by atoms with Gasteiger partial charge in [0.1, 0.15) is 22.6 Å². The second kappa shape index (κ2) is 17.0. The van der Waals surface area contributed by atoms with Crippen molar-refractivity contribution in [2.75, 3.05) is 0 Å². The van der Waals surface area contributed by atoms with E-state index in [0.717, 1.165) is 93.1 Å². The predicted octanol–water partition coefficient (Wildman–Crippen LogP) is 19.1. The molecule has 7 aromatic rings. The molecule has 4 aromatic carbocycles. The van der Waals surface area contributed by atoms with Crippen molar-refractivity contribution in [1.82, 2.24) is 39.9 Å². The van der Waals surface area contributed by atoms with Crippen molar-refractivity contribution in [2.24, 2.45) is 0 Å². The Labute approximate surface area is 465 Å². The van der Waals surface area contributed by atoms with Gasteiger partial charge in [0.2, 0.25) is 0 Å². The topological polar surface area (TPSA) is 109 Å². The van der Waals surface area contributed by atoms with Crippen molar-refractivity contribution in [2.45, 2.75) is 0 Å². The van der Waals surface area contributed by atoms with E-state index in [2.05, 4.69) is 265 Å². The molecule has 0 fully saturated rings. The van der Waals surface area contributed by atoms with Crippen molar-refractivity contribution < 1.29 is 17.1 Å². The number of nitrogens with zero attached hydrogens (tertiary/aromatic N) is 6. The molecule has 0 spiro atoms. The zero-order valence-electron chi connectivity index (χ0n) is 26.0. The summed E-state index contributed by atoms with van der Waals surface area (Å²) < 4.78 is 12.1. The maximum atomic E-state index is 5.24. The largest absolute Gasteiger partial charge is 1.00 e. The first kappa shape index (κ1) is 46.0. The van der Waals surface area contributed by atoms with Gasteiger partial charge in [0.05, 0.1) is 0 Å². The number of rotatable bonds is 0. The van der Waals surface area contributed by atoms with Crippen molar-refractivity contribution >= 4 is 299 Å². The summed E-state index contributed by atoms with van der Waals surface area (Å²) in [4.78, 5) is 38.2. The quantitative estimate of drug-likeness (QED) is 0.0889. The minimum absolute atomic E-state index is 0. The number of fused-ring (bicyclic) bond motifs is 20. The molecule has 25 heteroatoms. The molecular formula is C32H2Br16CuN8+. The molecule has 292 valence electrons. The molecular weight excluding hydrogens is 1840 g/mol. The smallest absolute Gasteiger partial charge is 0.324 e. The minimum atomic E-state index is 0. The van der Waals surface area contributed by atoms with Crippen LogP contribution in [0.4, 0.5) is 0 Å². The molecule has 0 unspecified atom stereocenters. The molecule has 3 aromatic heterocycles. The fraction of sp³-hybridized carbons (Fsp3) is 0. The molecule has 8 bridgehead atoms. The van der Waals surface area contributed by atoms with Gasteiger partial charge in [-0.15, -0.1) is 0 Å². The van der Waals surface area contributed by atoms with Crippen LogP contribution in [-0.2, 0) is 17.1 Å². The molecule has 2 N–H and O–H groups in total. The van der Waals surface area contributed by atoms with Gasteiger partial charge in [0.15, 0.2) is 23.3 Å². The third kappa shape index (κ3) is 7.05. The Kier molecular flexibility index (Phi) is 13.7. The monoisotopic (exact) mass is 1820 g/mol. The molecule has 0 radical (unpaired) electrons. The molecule has 0 aliphatic carbocycles. The van der Waals surface area contributed by atoms with Crippen molar-refractivity contribution in [3.8, 4) is 45.6 Å². The summed E-state index contributed by atoms with van der Waals surface area (Å²) in [6.45, 7) is 0. The number of hydrogen-bond acceptors (Lipinski definition) is 6. The average Bonchev–Trinajstić information content (AvgIpc) is 3.92. The molecule has 0 amide bonds. The van der Waals surface area contributed by atoms with E-state index < -0.39 is 0 Å². The summed E-state index contributed by atoms with van der Waals surface area (Å²) in [6, 6.07) is 0. The Balaban J connectivity index is 0.00000455. The van der Waals surface area contributed by atoms with Crippen LogP contribution in [0.5, 0.6) is 0 Å². The Bertz CT molecular complexity index is 2820. The van der Waals surface area contributed by atoms with E-state index in [1.165, 1.54) is 0 Å². The van der Waals surface area contributed by atoms with Gasteiger partial charge in [-0.3, -0.25) is 0 Å². The number of H-pyrrole nitrogens is 2. The van der Waals surface area contributed by atoms with E-state index in [1.54, 1.807) is 0 Å². The molecule has 2 aliphatic heterocycles. The summed E-state index contributed by atoms with van der Waals surface area (Å²) in [7, 11) is 0. The third-order valence-corrected chi connectivity index (χ3v) is 27.8. The van der Waals surface area contributed by atoms with Crippen LogP contribution in [0.15, 0.2) is 71.6 Å². The predicted molar refractivity (Wildman–Crippen MR) is 279 cm³/mol. The van der Waals surface area contributed by atoms with Crippen LogP contribution in [0.2, 0.25) is 0 Å². The third-order valence-electron chi connectivity index (χ3n) is 8.68. The van der Waals surface area contributed by atoms with Crippen LogP contribution in [-0.4, -0.2) is 39.9 Å². The van der Waals surface area contributed by atoms with Gasteiger partial charge in [0.25, 0.3) is 0 Å². The van der Waals surface area contributed by atoms with Crippen LogP contribution in [0.1, 0.15) is 0 Å². The molecule has 0 atom stereocenters. The molecule has 9 rings (SSSR count). The first-order valence-electron chi connectivity index (χ1n) is 14.7. The number of nitrogens with one attached hydrogen (secondary N) is 2. The number of aromatic nitrogens is 8. The number of benzene rings is 4. The molecule has 57 heavy (non-hydrogen) atoms. The molecule has 5 heterocycles. The van der Waals surface area contributed by atoms with E-state index in [9.17, 15) is 0 Å². The zero-order valence-corrected chi connectivity index (χ0v) is 52.3. The first-order valence-corrected chi connectivity index (χ1v) is 27.4. The first-order chi connectivity index (χ1) is 26.4. The number of halogens is 16. The average molecular weight is 1840 g/mol.